The fraction of sp³-hybridized carbons (Fsp3) is 0.440. The van der Waals surface area contributed by atoms with Crippen molar-refractivity contribution in [3.8, 4) is 0 Å². The van der Waals surface area contributed by atoms with Crippen molar-refractivity contribution >= 4 is 0 Å². The third kappa shape index (κ3) is 5.66. The first-order valence-corrected chi connectivity index (χ1v) is 11.5. The van der Waals surface area contributed by atoms with Crippen molar-refractivity contribution in [2.24, 2.45) is 0 Å². The minimum Gasteiger partial charge on any atom is -0.373 e. The number of alkyl halides is 6. The maximum atomic E-state index is 13.3. The molecule has 194 valence electrons. The van der Waals surface area contributed by atoms with Crippen molar-refractivity contribution in [2.75, 3.05) is 6.61 Å². The van der Waals surface area contributed by atoms with Crippen LogP contribution in [0.15, 0.2) is 53.3 Å². The van der Waals surface area contributed by atoms with Crippen LogP contribution in [-0.2, 0) is 22.5 Å². The number of hydrogen-bond donors (Lipinski definition) is 2. The van der Waals surface area contributed by atoms with Gasteiger partial charge in [0.15, 0.2) is 0 Å². The number of H-pyrrole nitrogens is 2. The van der Waals surface area contributed by atoms with Gasteiger partial charge in [-0.25, -0.2) is 9.89 Å². The Bertz CT molecular complexity index is 1190. The molecular weight excluding hydrogens is 488 g/mol. The molecule has 3 aromatic rings. The molecule has 2 N–H and O–H groups in total. The Morgan fingerprint density at radius 3 is 2.08 bits per heavy atom. The van der Waals surface area contributed by atoms with Crippen molar-refractivity contribution < 1.29 is 31.1 Å². The summed E-state index contributed by atoms with van der Waals surface area (Å²) in [6, 6.07) is 11.0. The second-order valence-electron chi connectivity index (χ2n) is 9.28. The Morgan fingerprint density at radius 1 is 1.00 bits per heavy atom. The van der Waals surface area contributed by atoms with Crippen molar-refractivity contribution in [1.29, 1.82) is 0 Å². The van der Waals surface area contributed by atoms with E-state index in [9.17, 15) is 31.1 Å². The van der Waals surface area contributed by atoms with Crippen LogP contribution < -0.4 is 5.69 Å². The lowest BCUT2D eigenvalue weighted by molar-refractivity contribution is -0.143. The topological polar surface area (TPSA) is 70.8 Å². The molecule has 0 aliphatic heterocycles. The van der Waals surface area contributed by atoms with Crippen LogP contribution in [0, 0.1) is 0 Å². The molecule has 0 unspecified atom stereocenters. The Hall–Kier alpha value is -3.08. The molecule has 0 radical (unpaired) electrons. The lowest BCUT2D eigenvalue weighted by Gasteiger charge is -2.40. The predicted molar refractivity (Wildman–Crippen MR) is 119 cm³/mol. The molecule has 1 heterocycles. The number of ether oxygens (including phenoxy) is 1. The zero-order valence-corrected chi connectivity index (χ0v) is 19.3. The van der Waals surface area contributed by atoms with E-state index in [0.717, 1.165) is 5.56 Å². The molecule has 0 spiro atoms. The Labute approximate surface area is 202 Å². The Morgan fingerprint density at radius 2 is 1.58 bits per heavy atom. The van der Waals surface area contributed by atoms with Crippen LogP contribution in [0.25, 0.3) is 0 Å². The molecule has 36 heavy (non-hydrogen) atoms. The molecule has 0 amide bonds. The summed E-state index contributed by atoms with van der Waals surface area (Å²) in [7, 11) is 0. The summed E-state index contributed by atoms with van der Waals surface area (Å²) in [6.45, 7) is 1.56. The van der Waals surface area contributed by atoms with Gasteiger partial charge in [0.1, 0.15) is 5.82 Å². The predicted octanol–water partition coefficient (Wildman–Crippen LogP) is 6.51. The maximum absolute atomic E-state index is 13.3. The van der Waals surface area contributed by atoms with Crippen LogP contribution in [0.3, 0.4) is 0 Å². The maximum Gasteiger partial charge on any atom is 0.416 e. The van der Waals surface area contributed by atoms with E-state index in [1.54, 1.807) is 0 Å². The first kappa shape index (κ1) is 26.0. The van der Waals surface area contributed by atoms with Crippen molar-refractivity contribution in [2.45, 2.75) is 62.4 Å². The molecule has 11 heteroatoms. The number of rotatable bonds is 6. The van der Waals surface area contributed by atoms with E-state index in [1.165, 1.54) is 6.92 Å². The van der Waals surface area contributed by atoms with E-state index in [0.29, 0.717) is 43.6 Å². The van der Waals surface area contributed by atoms with E-state index >= 15 is 0 Å². The molecule has 1 aliphatic carbocycles. The van der Waals surface area contributed by atoms with Gasteiger partial charge in [0, 0.05) is 11.3 Å². The van der Waals surface area contributed by atoms with Gasteiger partial charge in [-0.3, -0.25) is 4.98 Å². The highest BCUT2D eigenvalue weighted by atomic mass is 19.4. The molecule has 1 fully saturated rings. The molecular formula is C25H25F6N3O2. The lowest BCUT2D eigenvalue weighted by Crippen LogP contribution is -2.36. The molecule has 1 saturated carbocycles. The van der Waals surface area contributed by atoms with Gasteiger partial charge in [-0.1, -0.05) is 30.3 Å². The largest absolute Gasteiger partial charge is 0.416 e. The number of aromatic amines is 2. The highest BCUT2D eigenvalue weighted by molar-refractivity contribution is 5.35. The van der Waals surface area contributed by atoms with Crippen LogP contribution in [0.5, 0.6) is 0 Å². The number of nitrogens with zero attached hydrogens (tertiary/aromatic N) is 1. The highest BCUT2D eigenvalue weighted by Crippen LogP contribution is 2.45. The van der Waals surface area contributed by atoms with Crippen LogP contribution in [-0.4, -0.2) is 21.8 Å². The van der Waals surface area contributed by atoms with Gasteiger partial charge in [-0.15, -0.1) is 0 Å². The number of hydrogen-bond acceptors (Lipinski definition) is 3. The van der Waals surface area contributed by atoms with Gasteiger partial charge in [0.25, 0.3) is 0 Å². The SMILES string of the molecule is C[C@@H](OCC1(c2ccccc2)CCC(c2n[nH]c(=O)[nH]2)CC1)c1cc(C(F)(F)F)cc(C(F)(F)F)c1. The number of aromatic nitrogens is 3. The van der Waals surface area contributed by atoms with Crippen LogP contribution >= 0.6 is 0 Å². The summed E-state index contributed by atoms with van der Waals surface area (Å²) in [5.74, 6) is 0.593. The smallest absolute Gasteiger partial charge is 0.373 e. The standard InChI is InChI=1S/C25H25F6N3O2/c1-15(17-11-19(24(26,27)28)13-20(12-17)25(29,30)31)36-14-23(18-5-3-2-4-6-18)9-7-16(8-10-23)21-32-22(35)34-33-21/h2-6,11-13,15-16H,7-10,14H2,1H3,(H2,32,33,34,35)/t15-,16?,23?/m1/s1. The van der Waals surface area contributed by atoms with Crippen molar-refractivity contribution in [3.63, 3.8) is 0 Å². The third-order valence-corrected chi connectivity index (χ3v) is 6.92. The summed E-state index contributed by atoms with van der Waals surface area (Å²) in [5.41, 5.74) is -2.82. The van der Waals surface area contributed by atoms with Crippen LogP contribution in [0.2, 0.25) is 0 Å². The van der Waals surface area contributed by atoms with Gasteiger partial charge in [0.05, 0.1) is 23.8 Å². The zero-order chi connectivity index (χ0) is 26.1. The summed E-state index contributed by atoms with van der Waals surface area (Å²) < 4.78 is 85.8. The summed E-state index contributed by atoms with van der Waals surface area (Å²) >= 11 is 0. The summed E-state index contributed by atoms with van der Waals surface area (Å²) in [4.78, 5) is 14.1. The van der Waals surface area contributed by atoms with Crippen LogP contribution in [0.1, 0.15) is 72.7 Å². The van der Waals surface area contributed by atoms with Crippen molar-refractivity contribution in [1.82, 2.24) is 15.2 Å². The second-order valence-corrected chi connectivity index (χ2v) is 9.28. The normalized spacial score (nSPS) is 21.9. The number of nitrogens with one attached hydrogen (secondary N) is 2. The minimum absolute atomic E-state index is 0.0241. The average Bonchev–Trinajstić information content (AvgIpc) is 3.28. The molecule has 0 saturated heterocycles. The van der Waals surface area contributed by atoms with Gasteiger partial charge < -0.3 is 4.74 Å². The molecule has 2 aromatic carbocycles. The van der Waals surface area contributed by atoms with Gasteiger partial charge in [0.2, 0.25) is 0 Å². The summed E-state index contributed by atoms with van der Waals surface area (Å²) in [5, 5.41) is 6.38. The second kappa shape index (κ2) is 9.76. The van der Waals surface area contributed by atoms with E-state index in [1.807, 2.05) is 30.3 Å². The van der Waals surface area contributed by atoms with Crippen molar-refractivity contribution in [3.05, 3.63) is 87.1 Å². The number of halogens is 6. The van der Waals surface area contributed by atoms with E-state index in [2.05, 4.69) is 15.2 Å². The Balaban J connectivity index is 1.57. The van der Waals surface area contributed by atoms with Crippen LogP contribution in [0.4, 0.5) is 26.3 Å². The van der Waals surface area contributed by atoms with E-state index in [4.69, 9.17) is 4.74 Å². The van der Waals surface area contributed by atoms with Gasteiger partial charge in [-0.05, 0) is 61.9 Å². The minimum atomic E-state index is -4.92. The molecule has 4 rings (SSSR count). The molecule has 1 aliphatic rings. The first-order chi connectivity index (χ1) is 16.9. The molecule has 1 atom stereocenters. The zero-order valence-electron chi connectivity index (χ0n) is 19.3. The Kier molecular flexibility index (Phi) is 7.05. The van der Waals surface area contributed by atoms with E-state index in [-0.39, 0.29) is 29.8 Å². The summed E-state index contributed by atoms with van der Waals surface area (Å²) in [6.07, 6.45) is -8.22. The first-order valence-electron chi connectivity index (χ1n) is 11.5. The molecule has 1 aromatic heterocycles. The highest BCUT2D eigenvalue weighted by Gasteiger charge is 2.40. The third-order valence-electron chi connectivity index (χ3n) is 6.92. The van der Waals surface area contributed by atoms with E-state index < -0.39 is 35.0 Å². The molecule has 0 bridgehead atoms. The lowest BCUT2D eigenvalue weighted by atomic mass is 9.67. The fourth-order valence-electron chi connectivity index (χ4n) is 4.82. The quantitative estimate of drug-likeness (QED) is 0.369. The monoisotopic (exact) mass is 513 g/mol. The number of benzene rings is 2. The molecule has 5 nitrogen and oxygen atoms in total. The fourth-order valence-corrected chi connectivity index (χ4v) is 4.82. The van der Waals surface area contributed by atoms with Gasteiger partial charge >= 0.3 is 18.0 Å². The average molecular weight is 513 g/mol. The van der Waals surface area contributed by atoms with Gasteiger partial charge in [-0.2, -0.15) is 31.4 Å².